The molecule has 1 aromatic carbocycles. The molecule has 1 aromatic heterocycles. The molecule has 0 amide bonds. The fraction of sp³-hybridized carbons (Fsp3) is 0.167. The van der Waals surface area contributed by atoms with Crippen LogP contribution >= 0.6 is 47.8 Å². The van der Waals surface area contributed by atoms with Gasteiger partial charge >= 0.3 is 0 Å². The second kappa shape index (κ2) is 6.67. The van der Waals surface area contributed by atoms with Gasteiger partial charge in [0.1, 0.15) is 5.75 Å². The molecule has 0 bridgehead atoms. The SMILES string of the molecule is CCNc1ncc(Br)c(Oc2ccc(Br)cc2Br)n1. The number of hydrogen-bond donors (Lipinski definition) is 1. The Balaban J connectivity index is 2.29. The van der Waals surface area contributed by atoms with Crippen LogP contribution in [0.2, 0.25) is 0 Å². The van der Waals surface area contributed by atoms with E-state index in [1.165, 1.54) is 0 Å². The molecule has 0 unspecified atom stereocenters. The molecule has 0 aliphatic carbocycles. The molecule has 0 saturated heterocycles. The molecule has 2 aromatic rings. The summed E-state index contributed by atoms with van der Waals surface area (Å²) < 4.78 is 8.29. The highest BCUT2D eigenvalue weighted by molar-refractivity contribution is 9.11. The van der Waals surface area contributed by atoms with E-state index in [1.807, 2.05) is 25.1 Å². The van der Waals surface area contributed by atoms with Crippen molar-refractivity contribution in [3.8, 4) is 11.6 Å². The number of ether oxygens (including phenoxy) is 1. The van der Waals surface area contributed by atoms with Gasteiger partial charge in [-0.3, -0.25) is 0 Å². The summed E-state index contributed by atoms with van der Waals surface area (Å²) in [5.74, 6) is 1.69. The van der Waals surface area contributed by atoms with Crippen LogP contribution in [0.1, 0.15) is 6.92 Å². The predicted molar refractivity (Wildman–Crippen MR) is 85.8 cm³/mol. The van der Waals surface area contributed by atoms with E-state index in [0.717, 1.165) is 15.5 Å². The number of nitrogens with zero attached hydrogens (tertiary/aromatic N) is 2. The summed E-state index contributed by atoms with van der Waals surface area (Å²) in [6.45, 7) is 2.74. The van der Waals surface area contributed by atoms with Crippen LogP contribution in [0.15, 0.2) is 37.8 Å². The predicted octanol–water partition coefficient (Wildman–Crippen LogP) is 4.99. The van der Waals surface area contributed by atoms with Crippen LogP contribution in [-0.4, -0.2) is 16.5 Å². The lowest BCUT2D eigenvalue weighted by atomic mass is 10.3. The summed E-state index contributed by atoms with van der Waals surface area (Å²) in [4.78, 5) is 8.44. The van der Waals surface area contributed by atoms with Gasteiger partial charge in [-0.15, -0.1) is 0 Å². The Morgan fingerprint density at radius 2 is 2.00 bits per heavy atom. The molecule has 0 spiro atoms. The first-order chi connectivity index (χ1) is 9.10. The van der Waals surface area contributed by atoms with Gasteiger partial charge in [-0.05, 0) is 57.0 Å². The average molecular weight is 452 g/mol. The van der Waals surface area contributed by atoms with Gasteiger partial charge in [-0.1, -0.05) is 15.9 Å². The molecule has 7 heteroatoms. The summed E-state index contributed by atoms with van der Waals surface area (Å²) >= 11 is 10.2. The molecular weight excluding hydrogens is 442 g/mol. The molecule has 0 atom stereocenters. The van der Waals surface area contributed by atoms with Crippen molar-refractivity contribution in [2.45, 2.75) is 6.92 Å². The van der Waals surface area contributed by atoms with E-state index in [4.69, 9.17) is 4.74 Å². The zero-order chi connectivity index (χ0) is 13.8. The monoisotopic (exact) mass is 449 g/mol. The van der Waals surface area contributed by atoms with Gasteiger partial charge in [-0.25, -0.2) is 4.98 Å². The molecule has 19 heavy (non-hydrogen) atoms. The molecule has 0 radical (unpaired) electrons. The van der Waals surface area contributed by atoms with Gasteiger partial charge in [0.25, 0.3) is 0 Å². The smallest absolute Gasteiger partial charge is 0.238 e. The van der Waals surface area contributed by atoms with Crippen LogP contribution in [0.5, 0.6) is 11.6 Å². The maximum Gasteiger partial charge on any atom is 0.238 e. The van der Waals surface area contributed by atoms with Crippen molar-refractivity contribution in [3.63, 3.8) is 0 Å². The second-order valence-electron chi connectivity index (χ2n) is 3.55. The lowest BCUT2D eigenvalue weighted by molar-refractivity contribution is 0.456. The lowest BCUT2D eigenvalue weighted by Gasteiger charge is -2.10. The Bertz CT molecular complexity index is 592. The Morgan fingerprint density at radius 3 is 2.68 bits per heavy atom. The summed E-state index contributed by atoms with van der Waals surface area (Å²) in [6.07, 6.45) is 1.66. The third kappa shape index (κ3) is 3.90. The van der Waals surface area contributed by atoms with Gasteiger partial charge in [0, 0.05) is 11.0 Å². The van der Waals surface area contributed by atoms with Gasteiger partial charge in [-0.2, -0.15) is 4.98 Å². The Morgan fingerprint density at radius 1 is 1.21 bits per heavy atom. The van der Waals surface area contributed by atoms with Crippen molar-refractivity contribution >= 4 is 53.7 Å². The number of hydrogen-bond acceptors (Lipinski definition) is 4. The van der Waals surface area contributed by atoms with Crippen molar-refractivity contribution in [2.75, 3.05) is 11.9 Å². The highest BCUT2D eigenvalue weighted by Gasteiger charge is 2.09. The minimum absolute atomic E-state index is 0.467. The van der Waals surface area contributed by atoms with Crippen LogP contribution in [0, 0.1) is 0 Å². The Labute approximate surface area is 136 Å². The number of halogens is 3. The third-order valence-electron chi connectivity index (χ3n) is 2.15. The zero-order valence-electron chi connectivity index (χ0n) is 9.95. The Kier molecular flexibility index (Phi) is 5.18. The normalized spacial score (nSPS) is 10.3. The summed E-state index contributed by atoms with van der Waals surface area (Å²) in [5, 5.41) is 3.04. The number of anilines is 1. The highest BCUT2D eigenvalue weighted by Crippen LogP contribution is 2.34. The molecule has 2 rings (SSSR count). The molecule has 0 aliphatic heterocycles. The summed E-state index contributed by atoms with van der Waals surface area (Å²) in [5.41, 5.74) is 0. The standard InChI is InChI=1S/C12H10Br3N3O/c1-2-16-12-17-6-9(15)11(18-12)19-10-4-3-7(13)5-8(10)14/h3-6H,2H2,1H3,(H,16,17,18). The molecule has 0 aliphatic rings. The maximum absolute atomic E-state index is 5.78. The fourth-order valence-corrected chi connectivity index (χ4v) is 2.73. The molecule has 0 fully saturated rings. The van der Waals surface area contributed by atoms with Crippen molar-refractivity contribution in [1.29, 1.82) is 0 Å². The van der Waals surface area contributed by atoms with Gasteiger partial charge in [0.2, 0.25) is 11.8 Å². The van der Waals surface area contributed by atoms with Gasteiger partial charge < -0.3 is 10.1 Å². The van der Waals surface area contributed by atoms with E-state index in [2.05, 4.69) is 63.1 Å². The molecule has 1 N–H and O–H groups in total. The third-order valence-corrected chi connectivity index (χ3v) is 3.80. The maximum atomic E-state index is 5.78. The van der Waals surface area contributed by atoms with Crippen molar-refractivity contribution in [2.24, 2.45) is 0 Å². The van der Waals surface area contributed by atoms with E-state index in [9.17, 15) is 0 Å². The van der Waals surface area contributed by atoms with Crippen LogP contribution in [-0.2, 0) is 0 Å². The van der Waals surface area contributed by atoms with Crippen molar-refractivity contribution < 1.29 is 4.74 Å². The molecule has 0 saturated carbocycles. The topological polar surface area (TPSA) is 47.0 Å². The van der Waals surface area contributed by atoms with Crippen molar-refractivity contribution in [3.05, 3.63) is 37.8 Å². The minimum atomic E-state index is 0.467. The van der Waals surface area contributed by atoms with Gasteiger partial charge in [0.05, 0.1) is 15.1 Å². The van der Waals surface area contributed by atoms with E-state index < -0.39 is 0 Å². The average Bonchev–Trinajstić information content (AvgIpc) is 2.37. The van der Waals surface area contributed by atoms with E-state index in [1.54, 1.807) is 6.20 Å². The highest BCUT2D eigenvalue weighted by atomic mass is 79.9. The fourth-order valence-electron chi connectivity index (χ4n) is 1.33. The van der Waals surface area contributed by atoms with Crippen LogP contribution < -0.4 is 10.1 Å². The first-order valence-electron chi connectivity index (χ1n) is 5.49. The quantitative estimate of drug-likeness (QED) is 0.711. The molecule has 4 nitrogen and oxygen atoms in total. The van der Waals surface area contributed by atoms with Gasteiger partial charge in [0.15, 0.2) is 0 Å². The first kappa shape index (κ1) is 14.7. The molecule has 1 heterocycles. The van der Waals surface area contributed by atoms with Crippen LogP contribution in [0.25, 0.3) is 0 Å². The minimum Gasteiger partial charge on any atom is -0.437 e. The number of aromatic nitrogens is 2. The summed E-state index contributed by atoms with van der Waals surface area (Å²) in [6, 6.07) is 5.67. The molecular formula is C12H10Br3N3O. The van der Waals surface area contributed by atoms with Crippen LogP contribution in [0.3, 0.4) is 0 Å². The Hall–Kier alpha value is -0.660. The van der Waals surface area contributed by atoms with E-state index >= 15 is 0 Å². The number of nitrogens with one attached hydrogen (secondary N) is 1. The zero-order valence-corrected chi connectivity index (χ0v) is 14.7. The largest absolute Gasteiger partial charge is 0.437 e. The van der Waals surface area contributed by atoms with E-state index in [0.29, 0.717) is 22.1 Å². The van der Waals surface area contributed by atoms with E-state index in [-0.39, 0.29) is 0 Å². The van der Waals surface area contributed by atoms with Crippen LogP contribution in [0.4, 0.5) is 5.95 Å². The second-order valence-corrected chi connectivity index (χ2v) is 6.18. The number of benzene rings is 1. The number of rotatable bonds is 4. The lowest BCUT2D eigenvalue weighted by Crippen LogP contribution is -2.03. The first-order valence-corrected chi connectivity index (χ1v) is 7.87. The molecule has 100 valence electrons. The van der Waals surface area contributed by atoms with Crippen molar-refractivity contribution in [1.82, 2.24) is 9.97 Å². The summed E-state index contributed by atoms with van der Waals surface area (Å²) in [7, 11) is 0.